The highest BCUT2D eigenvalue weighted by Gasteiger charge is 2.17. The Bertz CT molecular complexity index is 521. The van der Waals surface area contributed by atoms with Gasteiger partial charge in [-0.1, -0.05) is 0 Å². The zero-order valence-electron chi connectivity index (χ0n) is 6.78. The molecule has 0 radical (unpaired) electrons. The zero-order chi connectivity index (χ0) is 10.3. The van der Waals surface area contributed by atoms with Crippen molar-refractivity contribution in [1.29, 1.82) is 0 Å². The largest absolute Gasteiger partial charge is 0.508 e. The Morgan fingerprint density at radius 2 is 2.21 bits per heavy atom. The molecule has 2 aromatic rings. The lowest BCUT2D eigenvalue weighted by Gasteiger charge is -1.94. The number of nitrogens with zero attached hydrogens (tertiary/aromatic N) is 1. The number of phenolic OH excluding ortho intramolecular Hbond substituents is 1. The van der Waals surface area contributed by atoms with Crippen LogP contribution < -0.4 is 0 Å². The highest BCUT2D eigenvalue weighted by molar-refractivity contribution is 6.01. The first-order valence-electron chi connectivity index (χ1n) is 3.69. The number of fused-ring (bicyclic) bond motifs is 1. The fraction of sp³-hybridized carbons (Fsp3) is 0. The predicted molar refractivity (Wildman–Crippen MR) is 44.7 cm³/mol. The van der Waals surface area contributed by atoms with Crippen LogP contribution in [0.2, 0.25) is 0 Å². The van der Waals surface area contributed by atoms with Crippen LogP contribution in [0.1, 0.15) is 10.5 Å². The molecule has 0 bridgehead atoms. The Morgan fingerprint density at radius 1 is 1.50 bits per heavy atom. The molecule has 0 aliphatic heterocycles. The lowest BCUT2D eigenvalue weighted by Crippen LogP contribution is -1.97. The molecule has 1 aromatic carbocycles. The summed E-state index contributed by atoms with van der Waals surface area (Å²) >= 11 is 0. The molecule has 0 saturated carbocycles. The van der Waals surface area contributed by atoms with Crippen molar-refractivity contribution in [3.05, 3.63) is 23.6 Å². The summed E-state index contributed by atoms with van der Waals surface area (Å²) in [6.45, 7) is 0. The van der Waals surface area contributed by atoms with Gasteiger partial charge in [-0.25, -0.2) is 9.18 Å². The molecule has 2 rings (SSSR count). The van der Waals surface area contributed by atoms with Crippen molar-refractivity contribution < 1.29 is 19.4 Å². The highest BCUT2D eigenvalue weighted by atomic mass is 19.1. The van der Waals surface area contributed by atoms with E-state index in [0.29, 0.717) is 0 Å². The summed E-state index contributed by atoms with van der Waals surface area (Å²) in [5.74, 6) is -2.41. The standard InChI is InChI=1S/C8H5FN2O3/c9-4-1-3(12)2-5-6(4)7(8(13)14)11-10-5/h1-2,12H,(H,10,11)(H,13,14). The van der Waals surface area contributed by atoms with Gasteiger partial charge in [-0.15, -0.1) is 0 Å². The van der Waals surface area contributed by atoms with Crippen molar-refractivity contribution in [2.75, 3.05) is 0 Å². The molecule has 0 aliphatic rings. The predicted octanol–water partition coefficient (Wildman–Crippen LogP) is 1.11. The van der Waals surface area contributed by atoms with Crippen LogP contribution in [0.5, 0.6) is 5.75 Å². The number of rotatable bonds is 1. The third kappa shape index (κ3) is 1.08. The van der Waals surface area contributed by atoms with Gasteiger partial charge in [0.05, 0.1) is 10.9 Å². The van der Waals surface area contributed by atoms with Gasteiger partial charge < -0.3 is 10.2 Å². The van der Waals surface area contributed by atoms with E-state index in [-0.39, 0.29) is 16.7 Å². The maximum atomic E-state index is 13.2. The maximum Gasteiger partial charge on any atom is 0.357 e. The quantitative estimate of drug-likeness (QED) is 0.637. The molecule has 0 atom stereocenters. The number of hydrogen-bond donors (Lipinski definition) is 3. The van der Waals surface area contributed by atoms with Crippen LogP contribution in [0.25, 0.3) is 10.9 Å². The molecule has 0 unspecified atom stereocenters. The van der Waals surface area contributed by atoms with Gasteiger partial charge in [0.15, 0.2) is 5.69 Å². The number of benzene rings is 1. The topological polar surface area (TPSA) is 86.2 Å². The summed E-state index contributed by atoms with van der Waals surface area (Å²) in [7, 11) is 0. The average molecular weight is 196 g/mol. The second kappa shape index (κ2) is 2.69. The summed E-state index contributed by atoms with van der Waals surface area (Å²) in [5, 5.41) is 23.3. The molecule has 0 amide bonds. The number of halogens is 1. The number of aromatic amines is 1. The van der Waals surface area contributed by atoms with E-state index in [1.165, 1.54) is 6.07 Å². The fourth-order valence-corrected chi connectivity index (χ4v) is 1.25. The van der Waals surface area contributed by atoms with Gasteiger partial charge in [0, 0.05) is 12.1 Å². The van der Waals surface area contributed by atoms with Crippen molar-refractivity contribution in [3.63, 3.8) is 0 Å². The minimum absolute atomic E-state index is 0.129. The molecular formula is C8H5FN2O3. The number of aromatic carboxylic acids is 1. The van der Waals surface area contributed by atoms with Gasteiger partial charge in [-0.05, 0) is 0 Å². The van der Waals surface area contributed by atoms with Crippen LogP contribution in [-0.4, -0.2) is 26.4 Å². The molecule has 72 valence electrons. The molecule has 0 aliphatic carbocycles. The minimum Gasteiger partial charge on any atom is -0.508 e. The number of nitrogens with one attached hydrogen (secondary N) is 1. The summed E-state index contributed by atoms with van der Waals surface area (Å²) in [6.07, 6.45) is 0. The lowest BCUT2D eigenvalue weighted by molar-refractivity contribution is 0.0692. The van der Waals surface area contributed by atoms with E-state index in [0.717, 1.165) is 6.07 Å². The number of aromatic nitrogens is 2. The molecule has 1 heterocycles. The molecule has 0 fully saturated rings. The first-order chi connectivity index (χ1) is 6.59. The van der Waals surface area contributed by atoms with Crippen LogP contribution in [-0.2, 0) is 0 Å². The first kappa shape index (κ1) is 8.49. The fourth-order valence-electron chi connectivity index (χ4n) is 1.25. The summed E-state index contributed by atoms with van der Waals surface area (Å²) in [4.78, 5) is 10.6. The van der Waals surface area contributed by atoms with Crippen molar-refractivity contribution in [3.8, 4) is 5.75 Å². The number of H-pyrrole nitrogens is 1. The summed E-state index contributed by atoms with van der Waals surface area (Å²) < 4.78 is 13.2. The van der Waals surface area contributed by atoms with Crippen molar-refractivity contribution >= 4 is 16.9 Å². The SMILES string of the molecule is O=C(O)c1n[nH]c2cc(O)cc(F)c12. The van der Waals surface area contributed by atoms with E-state index in [2.05, 4.69) is 10.2 Å². The zero-order valence-corrected chi connectivity index (χ0v) is 6.78. The van der Waals surface area contributed by atoms with Gasteiger partial charge in [0.2, 0.25) is 0 Å². The number of carboxylic acid groups (broad SMARTS) is 1. The number of aromatic hydroxyl groups is 1. The van der Waals surface area contributed by atoms with Gasteiger partial charge in [0.25, 0.3) is 0 Å². The Kier molecular flexibility index (Phi) is 1.63. The molecule has 0 spiro atoms. The van der Waals surface area contributed by atoms with E-state index >= 15 is 0 Å². The van der Waals surface area contributed by atoms with E-state index in [1.54, 1.807) is 0 Å². The number of carbonyl (C=O) groups is 1. The second-order valence-corrected chi connectivity index (χ2v) is 2.73. The van der Waals surface area contributed by atoms with E-state index in [4.69, 9.17) is 10.2 Å². The third-order valence-electron chi connectivity index (χ3n) is 1.80. The van der Waals surface area contributed by atoms with Crippen LogP contribution in [0, 0.1) is 5.82 Å². The van der Waals surface area contributed by atoms with E-state index in [9.17, 15) is 9.18 Å². The summed E-state index contributed by atoms with van der Waals surface area (Å²) in [6, 6.07) is 2.04. The van der Waals surface area contributed by atoms with Gasteiger partial charge in [-0.3, -0.25) is 5.10 Å². The highest BCUT2D eigenvalue weighted by Crippen LogP contribution is 2.24. The third-order valence-corrected chi connectivity index (χ3v) is 1.80. The summed E-state index contributed by atoms with van der Waals surface area (Å²) in [5.41, 5.74) is -0.239. The molecule has 5 nitrogen and oxygen atoms in total. The maximum absolute atomic E-state index is 13.2. The molecule has 14 heavy (non-hydrogen) atoms. The van der Waals surface area contributed by atoms with Crippen molar-refractivity contribution in [1.82, 2.24) is 10.2 Å². The molecule has 3 N–H and O–H groups in total. The average Bonchev–Trinajstić information content (AvgIpc) is 2.47. The van der Waals surface area contributed by atoms with Crippen LogP contribution in [0.4, 0.5) is 4.39 Å². The monoisotopic (exact) mass is 196 g/mol. The van der Waals surface area contributed by atoms with Crippen LogP contribution in [0.3, 0.4) is 0 Å². The molecule has 1 aromatic heterocycles. The Morgan fingerprint density at radius 3 is 2.86 bits per heavy atom. The molecular weight excluding hydrogens is 191 g/mol. The van der Waals surface area contributed by atoms with Gasteiger partial charge in [-0.2, -0.15) is 5.10 Å². The Labute approximate surface area is 76.8 Å². The van der Waals surface area contributed by atoms with Crippen LogP contribution >= 0.6 is 0 Å². The number of phenols is 1. The molecule has 0 saturated heterocycles. The van der Waals surface area contributed by atoms with Crippen molar-refractivity contribution in [2.24, 2.45) is 0 Å². The van der Waals surface area contributed by atoms with Crippen LogP contribution in [0.15, 0.2) is 12.1 Å². The lowest BCUT2D eigenvalue weighted by atomic mass is 10.2. The van der Waals surface area contributed by atoms with Gasteiger partial charge >= 0.3 is 5.97 Å². The smallest absolute Gasteiger partial charge is 0.357 e. The van der Waals surface area contributed by atoms with E-state index in [1.807, 2.05) is 0 Å². The Balaban J connectivity index is 2.85. The number of hydrogen-bond acceptors (Lipinski definition) is 3. The second-order valence-electron chi connectivity index (χ2n) is 2.73. The van der Waals surface area contributed by atoms with Gasteiger partial charge in [0.1, 0.15) is 11.6 Å². The Hall–Kier alpha value is -2.11. The minimum atomic E-state index is -1.32. The normalized spacial score (nSPS) is 10.6. The molecule has 6 heteroatoms. The van der Waals surface area contributed by atoms with E-state index < -0.39 is 17.5 Å². The number of carboxylic acids is 1. The van der Waals surface area contributed by atoms with Crippen molar-refractivity contribution in [2.45, 2.75) is 0 Å². The first-order valence-corrected chi connectivity index (χ1v) is 3.69.